The van der Waals surface area contributed by atoms with Crippen LogP contribution in [0.4, 0.5) is 0 Å². The maximum Gasteiger partial charge on any atom is 0.0174 e. The van der Waals surface area contributed by atoms with E-state index in [0.29, 0.717) is 0 Å². The quantitative estimate of drug-likeness (QED) is 0.589. The van der Waals surface area contributed by atoms with E-state index in [0.717, 1.165) is 0 Å². The smallest absolute Gasteiger partial charge is 0.0174 e. The molecule has 1 fully saturated rings. The predicted octanol–water partition coefficient (Wildman–Crippen LogP) is 2.79. The van der Waals surface area contributed by atoms with Crippen molar-refractivity contribution in [1.29, 1.82) is 0 Å². The fourth-order valence-electron chi connectivity index (χ4n) is 1.79. The summed E-state index contributed by atoms with van der Waals surface area (Å²) in [7, 11) is 0. The van der Waals surface area contributed by atoms with Crippen molar-refractivity contribution in [3.05, 3.63) is 11.8 Å². The lowest BCUT2D eigenvalue weighted by atomic mass is 10.1. The van der Waals surface area contributed by atoms with E-state index < -0.39 is 0 Å². The molecule has 64 valence electrons. The van der Waals surface area contributed by atoms with E-state index >= 15 is 0 Å². The fraction of sp³-hybridized carbons (Fsp3) is 0.800. The topological polar surface area (TPSA) is 3.24 Å². The highest BCUT2D eigenvalue weighted by Gasteiger charge is 2.10. The molecule has 1 heterocycles. The van der Waals surface area contributed by atoms with Gasteiger partial charge in [0.05, 0.1) is 0 Å². The number of allylic oxidation sites excluding steroid dienone is 2. The molecule has 1 aliphatic heterocycles. The van der Waals surface area contributed by atoms with Crippen molar-refractivity contribution in [1.82, 2.24) is 4.90 Å². The molecule has 0 aromatic rings. The molecular formula is C10H19N. The van der Waals surface area contributed by atoms with Gasteiger partial charge in [0.2, 0.25) is 0 Å². The van der Waals surface area contributed by atoms with Gasteiger partial charge in [-0.3, -0.25) is 0 Å². The number of rotatable bonds is 2. The van der Waals surface area contributed by atoms with Crippen LogP contribution in [0.2, 0.25) is 0 Å². The van der Waals surface area contributed by atoms with Gasteiger partial charge in [-0.15, -0.1) is 0 Å². The molecule has 0 N–H and O–H groups in total. The summed E-state index contributed by atoms with van der Waals surface area (Å²) in [6.07, 6.45) is 7.65. The molecule has 0 bridgehead atoms. The zero-order chi connectivity index (χ0) is 8.10. The molecule has 0 aromatic carbocycles. The summed E-state index contributed by atoms with van der Waals surface area (Å²) in [5.41, 5.74) is 1.53. The summed E-state index contributed by atoms with van der Waals surface area (Å²) in [4.78, 5) is 2.53. The van der Waals surface area contributed by atoms with Gasteiger partial charge in [-0.2, -0.15) is 0 Å². The minimum Gasteiger partial charge on any atom is -0.375 e. The molecule has 1 saturated heterocycles. The molecule has 0 aromatic heterocycles. The average molecular weight is 153 g/mol. The van der Waals surface area contributed by atoms with Crippen LogP contribution in [0.1, 0.15) is 39.5 Å². The first-order valence-corrected chi connectivity index (χ1v) is 4.78. The Hall–Kier alpha value is -0.460. The Balaban J connectivity index is 2.43. The van der Waals surface area contributed by atoms with Crippen molar-refractivity contribution in [2.24, 2.45) is 0 Å². The molecule has 0 spiro atoms. The third-order valence-corrected chi connectivity index (χ3v) is 2.46. The molecule has 0 unspecified atom stereocenters. The van der Waals surface area contributed by atoms with Crippen molar-refractivity contribution in [2.75, 3.05) is 13.1 Å². The number of likely N-dealkylation sites (tertiary alicyclic amines) is 1. The van der Waals surface area contributed by atoms with E-state index in [4.69, 9.17) is 0 Å². The van der Waals surface area contributed by atoms with Crippen LogP contribution in [0, 0.1) is 0 Å². The Morgan fingerprint density at radius 3 is 2.36 bits per heavy atom. The van der Waals surface area contributed by atoms with E-state index in [2.05, 4.69) is 24.8 Å². The van der Waals surface area contributed by atoms with Gasteiger partial charge in [-0.1, -0.05) is 13.0 Å². The average Bonchev–Trinajstić information content (AvgIpc) is 2.09. The van der Waals surface area contributed by atoms with Crippen molar-refractivity contribution in [3.63, 3.8) is 0 Å². The Kier molecular flexibility index (Phi) is 3.47. The second-order valence-electron chi connectivity index (χ2n) is 3.18. The zero-order valence-corrected chi connectivity index (χ0v) is 7.77. The number of hydrogen-bond acceptors (Lipinski definition) is 1. The summed E-state index contributed by atoms with van der Waals surface area (Å²) in [5, 5.41) is 0. The first-order valence-electron chi connectivity index (χ1n) is 4.78. The summed E-state index contributed by atoms with van der Waals surface area (Å²) in [6.45, 7) is 6.96. The molecule has 0 atom stereocenters. The highest BCUT2D eigenvalue weighted by Crippen LogP contribution is 2.16. The Morgan fingerprint density at radius 2 is 1.91 bits per heavy atom. The zero-order valence-electron chi connectivity index (χ0n) is 7.77. The van der Waals surface area contributed by atoms with Crippen LogP contribution in [0.25, 0.3) is 0 Å². The van der Waals surface area contributed by atoms with Crippen LogP contribution in [0.15, 0.2) is 11.8 Å². The van der Waals surface area contributed by atoms with Crippen molar-refractivity contribution < 1.29 is 0 Å². The Morgan fingerprint density at radius 1 is 1.27 bits per heavy atom. The monoisotopic (exact) mass is 153 g/mol. The van der Waals surface area contributed by atoms with Crippen LogP contribution < -0.4 is 0 Å². The number of piperidine rings is 1. The summed E-state index contributed by atoms with van der Waals surface area (Å²) in [6, 6.07) is 0. The van der Waals surface area contributed by atoms with Gasteiger partial charge < -0.3 is 4.90 Å². The highest BCUT2D eigenvalue weighted by molar-refractivity contribution is 4.99. The minimum atomic E-state index is 1.19. The van der Waals surface area contributed by atoms with Crippen molar-refractivity contribution in [2.45, 2.75) is 39.5 Å². The standard InChI is InChI=1S/C10H19N/c1-3-10(4-2)11-8-6-5-7-9-11/h3H,4-9H2,1-2H3. The van der Waals surface area contributed by atoms with Crippen LogP contribution >= 0.6 is 0 Å². The molecule has 1 rings (SSSR count). The van der Waals surface area contributed by atoms with Gasteiger partial charge in [0.1, 0.15) is 0 Å². The second kappa shape index (κ2) is 4.42. The van der Waals surface area contributed by atoms with E-state index in [1.165, 1.54) is 44.5 Å². The lowest BCUT2D eigenvalue weighted by Gasteiger charge is -2.30. The molecule has 11 heavy (non-hydrogen) atoms. The predicted molar refractivity (Wildman–Crippen MR) is 49.5 cm³/mol. The maximum absolute atomic E-state index is 2.53. The van der Waals surface area contributed by atoms with Gasteiger partial charge in [-0.05, 0) is 32.6 Å². The molecule has 1 heteroatoms. The van der Waals surface area contributed by atoms with Gasteiger partial charge in [0.25, 0.3) is 0 Å². The van der Waals surface area contributed by atoms with Crippen molar-refractivity contribution in [3.8, 4) is 0 Å². The minimum absolute atomic E-state index is 1.19. The first-order chi connectivity index (χ1) is 5.38. The molecule has 0 amide bonds. The molecule has 0 aliphatic carbocycles. The molecule has 1 nitrogen and oxygen atoms in total. The van der Waals surface area contributed by atoms with Gasteiger partial charge in [0, 0.05) is 18.8 Å². The SMILES string of the molecule is CC=C(CC)N1CCCCC1. The lowest BCUT2D eigenvalue weighted by molar-refractivity contribution is 0.278. The summed E-state index contributed by atoms with van der Waals surface area (Å²) in [5.74, 6) is 0. The highest BCUT2D eigenvalue weighted by atomic mass is 15.1. The molecule has 0 saturated carbocycles. The van der Waals surface area contributed by atoms with Crippen LogP contribution in [-0.2, 0) is 0 Å². The van der Waals surface area contributed by atoms with Gasteiger partial charge in [-0.25, -0.2) is 0 Å². The van der Waals surface area contributed by atoms with E-state index in [1.54, 1.807) is 0 Å². The number of hydrogen-bond donors (Lipinski definition) is 0. The maximum atomic E-state index is 2.53. The summed E-state index contributed by atoms with van der Waals surface area (Å²) >= 11 is 0. The molecular weight excluding hydrogens is 134 g/mol. The van der Waals surface area contributed by atoms with Crippen molar-refractivity contribution >= 4 is 0 Å². The third kappa shape index (κ3) is 2.25. The first kappa shape index (κ1) is 8.63. The van der Waals surface area contributed by atoms with Crippen LogP contribution in [-0.4, -0.2) is 18.0 Å². The van der Waals surface area contributed by atoms with E-state index in [1.807, 2.05) is 0 Å². The summed E-state index contributed by atoms with van der Waals surface area (Å²) < 4.78 is 0. The second-order valence-corrected chi connectivity index (χ2v) is 3.18. The molecule has 1 aliphatic rings. The normalized spacial score (nSPS) is 20.5. The Bertz CT molecular complexity index is 132. The van der Waals surface area contributed by atoms with Crippen LogP contribution in [0.3, 0.4) is 0 Å². The van der Waals surface area contributed by atoms with Crippen LogP contribution in [0.5, 0.6) is 0 Å². The van der Waals surface area contributed by atoms with Gasteiger partial charge >= 0.3 is 0 Å². The fourth-order valence-corrected chi connectivity index (χ4v) is 1.79. The van der Waals surface area contributed by atoms with Gasteiger partial charge in [0.15, 0.2) is 0 Å². The molecule has 0 radical (unpaired) electrons. The lowest BCUT2D eigenvalue weighted by Crippen LogP contribution is -2.28. The Labute approximate surface area is 70.1 Å². The largest absolute Gasteiger partial charge is 0.375 e. The van der Waals surface area contributed by atoms with E-state index in [9.17, 15) is 0 Å². The van der Waals surface area contributed by atoms with E-state index in [-0.39, 0.29) is 0 Å². The number of nitrogens with zero attached hydrogens (tertiary/aromatic N) is 1. The third-order valence-electron chi connectivity index (χ3n) is 2.46.